The van der Waals surface area contributed by atoms with Crippen LogP contribution in [0.1, 0.15) is 75.2 Å². The number of methoxy groups -OCH3 is 3. The molecule has 61 heavy (non-hydrogen) atoms. The van der Waals surface area contributed by atoms with Gasteiger partial charge in [-0.1, -0.05) is 55.1 Å². The number of esters is 3. The number of hydrogen-bond donors (Lipinski definition) is 2. The molecule has 325 valence electrons. The van der Waals surface area contributed by atoms with Gasteiger partial charge < -0.3 is 34.1 Å². The van der Waals surface area contributed by atoms with Crippen LogP contribution in [-0.2, 0) is 33.3 Å². The highest BCUT2D eigenvalue weighted by molar-refractivity contribution is 6.67. The number of aldehydes is 1. The van der Waals surface area contributed by atoms with Crippen molar-refractivity contribution in [1.82, 2.24) is 14.7 Å². The first kappa shape index (κ1) is 42.2. The van der Waals surface area contributed by atoms with Crippen molar-refractivity contribution < 1.29 is 48.3 Å². The Hall–Kier alpha value is -4.08. The summed E-state index contributed by atoms with van der Waals surface area (Å²) < 4.78 is 24.1. The minimum atomic E-state index is -2.31. The summed E-state index contributed by atoms with van der Waals surface area (Å²) in [5.41, 5.74) is -0.664. The number of carbonyl (C=O) groups is 4. The summed E-state index contributed by atoms with van der Waals surface area (Å²) in [5, 5.41) is 25.4. The zero-order chi connectivity index (χ0) is 43.4. The van der Waals surface area contributed by atoms with E-state index in [1.807, 2.05) is 56.2 Å². The fourth-order valence-corrected chi connectivity index (χ4v) is 14.2. The lowest BCUT2D eigenvalue weighted by molar-refractivity contribution is -0.243. The van der Waals surface area contributed by atoms with Gasteiger partial charge in [0.15, 0.2) is 13.4 Å². The van der Waals surface area contributed by atoms with Crippen molar-refractivity contribution >= 4 is 42.5 Å². The molecule has 3 unspecified atom stereocenters. The molecule has 1 aromatic rings. The van der Waals surface area contributed by atoms with Crippen LogP contribution in [0.5, 0.6) is 0 Å². The lowest BCUT2D eigenvalue weighted by Crippen LogP contribution is -2.79. The number of likely N-dealkylation sites (N-methyl/N-ethyl adjacent to an activating group) is 1. The zero-order valence-corrected chi connectivity index (χ0v) is 36.4. The van der Waals surface area contributed by atoms with Crippen LogP contribution in [0.15, 0.2) is 59.2 Å². The first-order chi connectivity index (χ1) is 29.2. The van der Waals surface area contributed by atoms with E-state index in [-0.39, 0.29) is 12.0 Å². The topological polar surface area (TPSA) is 155 Å². The van der Waals surface area contributed by atoms with E-state index in [1.165, 1.54) is 21.1 Å². The molecule has 8 aliphatic rings. The molecule has 0 amide bonds. The van der Waals surface area contributed by atoms with Gasteiger partial charge in [-0.15, -0.1) is 0 Å². The van der Waals surface area contributed by atoms with Gasteiger partial charge in [-0.05, 0) is 79.8 Å². The first-order valence-corrected chi connectivity index (χ1v) is 22.0. The van der Waals surface area contributed by atoms with Crippen LogP contribution in [0.25, 0.3) is 5.57 Å². The molecule has 4 fully saturated rings. The van der Waals surface area contributed by atoms with Crippen molar-refractivity contribution in [3.63, 3.8) is 0 Å². The van der Waals surface area contributed by atoms with Crippen LogP contribution in [-0.4, -0.2) is 153 Å². The predicted octanol–water partition coefficient (Wildman–Crippen LogP) is 2.61. The fraction of sp³-hybridized carbons (Fsp3) is 0.617. The number of likely N-dealkylation sites (tertiary alicyclic amines) is 1. The third kappa shape index (κ3) is 5.63. The van der Waals surface area contributed by atoms with E-state index >= 15 is 4.79 Å². The zero-order valence-electron chi connectivity index (χ0n) is 36.4. The number of piperidine rings is 1. The van der Waals surface area contributed by atoms with Gasteiger partial charge >= 0.3 is 17.9 Å². The Kier molecular flexibility index (Phi) is 10.2. The monoisotopic (exact) mass is 836 g/mol. The molecule has 1 aromatic carbocycles. The molecule has 6 aliphatic heterocycles. The van der Waals surface area contributed by atoms with E-state index in [0.29, 0.717) is 76.8 Å². The average molecular weight is 837 g/mol. The maximum atomic E-state index is 15.4. The molecule has 3 saturated heterocycles. The number of nitrogens with zero attached hydrogens (tertiary/aromatic N) is 3. The highest BCUT2D eigenvalue weighted by atomic mass is 16.6. The molecular formula is C47H59BN3O10. The Morgan fingerprint density at radius 2 is 1.77 bits per heavy atom. The van der Waals surface area contributed by atoms with Crippen LogP contribution < -0.4 is 5.46 Å². The Bertz CT molecular complexity index is 2190. The Morgan fingerprint density at radius 1 is 1.00 bits per heavy atom. The van der Waals surface area contributed by atoms with E-state index < -0.39 is 69.5 Å². The molecule has 1 radical (unpaired) electrons. The number of hydrogen-bond acceptors (Lipinski definition) is 13. The lowest BCUT2D eigenvalue weighted by Gasteiger charge is -2.63. The quantitative estimate of drug-likeness (QED) is 0.130. The van der Waals surface area contributed by atoms with Gasteiger partial charge in [0.25, 0.3) is 0 Å². The minimum absolute atomic E-state index is 0.104. The first-order valence-electron chi connectivity index (χ1n) is 22.0. The largest absolute Gasteiger partial charge is 0.468 e. The van der Waals surface area contributed by atoms with Gasteiger partial charge in [0.1, 0.15) is 6.29 Å². The van der Waals surface area contributed by atoms with E-state index in [0.717, 1.165) is 39.6 Å². The molecule has 1 spiro atoms. The number of aliphatic hydroxyl groups is 2. The third-order valence-corrected chi connectivity index (χ3v) is 16.4. The molecule has 6 heterocycles. The van der Waals surface area contributed by atoms with Crippen LogP contribution in [0, 0.1) is 28.1 Å². The predicted molar refractivity (Wildman–Crippen MR) is 226 cm³/mol. The number of carbonyl (C=O) groups excluding carboxylic acids is 4. The van der Waals surface area contributed by atoms with Gasteiger partial charge in [-0.2, -0.15) is 0 Å². The second-order valence-corrected chi connectivity index (χ2v) is 19.0. The number of fused-ring (bicyclic) bond motifs is 5. The molecule has 13 nitrogen and oxygen atoms in total. The van der Waals surface area contributed by atoms with Gasteiger partial charge in [-0.25, -0.2) is 4.79 Å². The second kappa shape index (κ2) is 14.8. The smallest absolute Gasteiger partial charge is 0.344 e. The molecule has 14 heteroatoms. The lowest BCUT2D eigenvalue weighted by atomic mass is 9.46. The number of allylic oxidation sites excluding steroid dienone is 1. The molecule has 2 aliphatic carbocycles. The van der Waals surface area contributed by atoms with Gasteiger partial charge in [-0.3, -0.25) is 24.2 Å². The summed E-state index contributed by atoms with van der Waals surface area (Å²) >= 11 is 0. The molecule has 9 rings (SSSR count). The van der Waals surface area contributed by atoms with Gasteiger partial charge in [0, 0.05) is 81.3 Å². The summed E-state index contributed by atoms with van der Waals surface area (Å²) in [7, 11) is 8.29. The average Bonchev–Trinajstić information content (AvgIpc) is 3.92. The van der Waals surface area contributed by atoms with Crippen molar-refractivity contribution in [2.24, 2.45) is 28.1 Å². The second-order valence-electron chi connectivity index (χ2n) is 19.0. The van der Waals surface area contributed by atoms with E-state index in [4.69, 9.17) is 18.9 Å². The van der Waals surface area contributed by atoms with Crippen molar-refractivity contribution in [2.45, 2.75) is 94.8 Å². The summed E-state index contributed by atoms with van der Waals surface area (Å²) in [5.74, 6) is -2.67. The molecule has 1 saturated carbocycles. The maximum absolute atomic E-state index is 15.4. The van der Waals surface area contributed by atoms with E-state index in [9.17, 15) is 24.6 Å². The van der Waals surface area contributed by atoms with Crippen LogP contribution in [0.2, 0.25) is 0 Å². The normalized spacial score (nSPS) is 40.7. The van der Waals surface area contributed by atoms with Crippen molar-refractivity contribution in [3.05, 3.63) is 70.4 Å². The fourth-order valence-electron chi connectivity index (χ4n) is 14.2. The SMILES string of the molecule is CC[C@]1(O)C[C@H]2CN(CCC3=C([B]c4ccc(C=O)cc43)[C@@](C(=O)OC)(C3C=C4C(=CC3OC)N(C)[C@H]3[C@@](O)(C(=O)OC)[C@H](OC(C)=O)[C@]5(CC)C=CCN6CC[C@]43[C@@H]65)C2)C1. The van der Waals surface area contributed by atoms with Crippen molar-refractivity contribution in [3.8, 4) is 0 Å². The van der Waals surface area contributed by atoms with Crippen molar-refractivity contribution in [1.29, 1.82) is 0 Å². The molecule has 2 N–H and O–H groups in total. The van der Waals surface area contributed by atoms with E-state index in [2.05, 4.69) is 23.2 Å². The van der Waals surface area contributed by atoms with Crippen LogP contribution in [0.4, 0.5) is 0 Å². The van der Waals surface area contributed by atoms with Crippen LogP contribution in [0.3, 0.4) is 0 Å². The number of rotatable bonds is 8. The summed E-state index contributed by atoms with van der Waals surface area (Å²) in [4.78, 5) is 61.8. The summed E-state index contributed by atoms with van der Waals surface area (Å²) in [6.07, 6.45) is 10.3. The van der Waals surface area contributed by atoms with Crippen LogP contribution >= 0.6 is 0 Å². The highest BCUT2D eigenvalue weighted by Gasteiger charge is 2.81. The molecule has 0 aromatic heterocycles. The maximum Gasteiger partial charge on any atom is 0.344 e. The third-order valence-electron chi connectivity index (χ3n) is 16.4. The molecule has 12 atom stereocenters. The van der Waals surface area contributed by atoms with Crippen molar-refractivity contribution in [2.75, 3.05) is 61.1 Å². The Balaban J connectivity index is 1.32. The number of benzene rings is 1. The highest BCUT2D eigenvalue weighted by Crippen LogP contribution is 2.70. The standard InChI is InChI=1S/C47H59BN3O10/c1-8-43(56)22-29-23-46(41(54)59-6,37-30(13-17-50(24-29)26-43)31-19-28(25-52)11-12-34(31)48-37)33-20-32-35(21-36(33)58-5)49(4)39-45(32)15-18-51-16-10-14-44(9-2,38(45)51)40(61-27(3)53)47(39,57)42(55)60-7/h10-12,14,19-21,25,29,33,36,38-40,56-57H,8-9,13,15-18,22-24,26H2,1-7H3/t29-,33?,36?,38+,39-,40-,43+,44-,45-,46+,47+/m1/s1. The Labute approximate surface area is 359 Å². The van der Waals surface area contributed by atoms with Gasteiger partial charge in [0.05, 0.1) is 37.4 Å². The minimum Gasteiger partial charge on any atom is -0.468 e. The summed E-state index contributed by atoms with van der Waals surface area (Å²) in [6, 6.07) is 4.42. The molecule has 2 bridgehead atoms. The number of ether oxygens (including phenoxy) is 4. The van der Waals surface area contributed by atoms with Gasteiger partial charge in [0.2, 0.25) is 5.60 Å². The Morgan fingerprint density at radius 3 is 2.44 bits per heavy atom. The van der Waals surface area contributed by atoms with E-state index in [1.54, 1.807) is 13.2 Å². The molecular weight excluding hydrogens is 777 g/mol. The summed E-state index contributed by atoms with van der Waals surface area (Å²) in [6.45, 7) is 8.49.